The standard InChI is InChI=1S/C11H11N3O2S/c12-14-10(15)9-8(6-3-4-6)13-11(17-9)7-2-1-5-16-7/h1-2,5-6H,3-4,12H2,(H,14,15). The number of thiazole rings is 1. The third kappa shape index (κ3) is 1.85. The van der Waals surface area contributed by atoms with Crippen molar-refractivity contribution in [1.29, 1.82) is 0 Å². The average molecular weight is 249 g/mol. The lowest BCUT2D eigenvalue weighted by molar-refractivity contribution is 0.0956. The van der Waals surface area contributed by atoms with Crippen molar-refractivity contribution in [2.45, 2.75) is 18.8 Å². The first-order chi connectivity index (χ1) is 8.29. The molecule has 5 nitrogen and oxygen atoms in total. The summed E-state index contributed by atoms with van der Waals surface area (Å²) in [5.74, 6) is 5.99. The highest BCUT2D eigenvalue weighted by Crippen LogP contribution is 2.44. The number of nitrogen functional groups attached to an aromatic ring is 1. The molecule has 17 heavy (non-hydrogen) atoms. The Balaban J connectivity index is 2.04. The van der Waals surface area contributed by atoms with Gasteiger partial charge in [-0.15, -0.1) is 11.3 Å². The molecule has 2 aromatic rings. The summed E-state index contributed by atoms with van der Waals surface area (Å²) in [7, 11) is 0. The van der Waals surface area contributed by atoms with E-state index < -0.39 is 0 Å². The zero-order chi connectivity index (χ0) is 11.8. The van der Waals surface area contributed by atoms with Crippen molar-refractivity contribution in [3.8, 4) is 10.8 Å². The third-order valence-corrected chi connectivity index (χ3v) is 3.77. The zero-order valence-corrected chi connectivity index (χ0v) is 9.79. The van der Waals surface area contributed by atoms with Crippen LogP contribution in [-0.2, 0) is 0 Å². The van der Waals surface area contributed by atoms with Gasteiger partial charge in [0.25, 0.3) is 5.91 Å². The fourth-order valence-electron chi connectivity index (χ4n) is 1.70. The topological polar surface area (TPSA) is 81.1 Å². The van der Waals surface area contributed by atoms with E-state index in [4.69, 9.17) is 10.3 Å². The maximum Gasteiger partial charge on any atom is 0.277 e. The molecule has 88 valence electrons. The number of hydrazine groups is 1. The van der Waals surface area contributed by atoms with Crippen LogP contribution in [0.15, 0.2) is 22.8 Å². The van der Waals surface area contributed by atoms with Crippen LogP contribution in [0.1, 0.15) is 34.1 Å². The van der Waals surface area contributed by atoms with Gasteiger partial charge in [-0.3, -0.25) is 10.2 Å². The number of nitrogens with zero attached hydrogens (tertiary/aromatic N) is 1. The van der Waals surface area contributed by atoms with Crippen molar-refractivity contribution < 1.29 is 9.21 Å². The molecule has 1 amide bonds. The number of hydrogen-bond donors (Lipinski definition) is 2. The molecule has 6 heteroatoms. The number of nitrogens with one attached hydrogen (secondary N) is 1. The Morgan fingerprint density at radius 1 is 1.59 bits per heavy atom. The van der Waals surface area contributed by atoms with Crippen LogP contribution in [0.2, 0.25) is 0 Å². The number of aromatic nitrogens is 1. The molecule has 0 unspecified atom stereocenters. The van der Waals surface area contributed by atoms with Gasteiger partial charge < -0.3 is 4.42 Å². The van der Waals surface area contributed by atoms with Crippen LogP contribution < -0.4 is 11.3 Å². The molecule has 1 aliphatic rings. The van der Waals surface area contributed by atoms with Gasteiger partial charge in [-0.2, -0.15) is 0 Å². The monoisotopic (exact) mass is 249 g/mol. The first kappa shape index (κ1) is 10.5. The molecule has 3 N–H and O–H groups in total. The predicted molar refractivity (Wildman–Crippen MR) is 63.4 cm³/mol. The second-order valence-corrected chi connectivity index (χ2v) is 4.96. The second-order valence-electron chi connectivity index (χ2n) is 3.96. The maximum absolute atomic E-state index is 11.7. The van der Waals surface area contributed by atoms with E-state index in [9.17, 15) is 4.79 Å². The van der Waals surface area contributed by atoms with E-state index in [1.54, 1.807) is 12.3 Å². The Hall–Kier alpha value is -1.66. The van der Waals surface area contributed by atoms with Gasteiger partial charge in [0.2, 0.25) is 0 Å². The number of carbonyl (C=O) groups excluding carboxylic acids is 1. The Morgan fingerprint density at radius 2 is 2.41 bits per heavy atom. The Morgan fingerprint density at radius 3 is 3.00 bits per heavy atom. The number of carbonyl (C=O) groups is 1. The molecule has 0 aromatic carbocycles. The molecule has 0 saturated heterocycles. The smallest absolute Gasteiger partial charge is 0.277 e. The van der Waals surface area contributed by atoms with Crippen LogP contribution in [0.5, 0.6) is 0 Å². The number of nitrogens with two attached hydrogens (primary N) is 1. The van der Waals surface area contributed by atoms with Crippen molar-refractivity contribution in [3.05, 3.63) is 29.0 Å². The van der Waals surface area contributed by atoms with Crippen molar-refractivity contribution in [2.24, 2.45) is 5.84 Å². The fourth-order valence-corrected chi connectivity index (χ4v) is 2.72. The highest BCUT2D eigenvalue weighted by molar-refractivity contribution is 7.17. The molecule has 1 fully saturated rings. The summed E-state index contributed by atoms with van der Waals surface area (Å²) in [5.41, 5.74) is 3.02. The molecule has 2 aromatic heterocycles. The van der Waals surface area contributed by atoms with Gasteiger partial charge >= 0.3 is 0 Å². The number of furan rings is 1. The van der Waals surface area contributed by atoms with Crippen molar-refractivity contribution in [1.82, 2.24) is 10.4 Å². The van der Waals surface area contributed by atoms with Crippen molar-refractivity contribution >= 4 is 17.2 Å². The van der Waals surface area contributed by atoms with E-state index in [1.165, 1.54) is 11.3 Å². The Kier molecular flexibility index (Phi) is 2.45. The minimum Gasteiger partial charge on any atom is -0.462 e. The van der Waals surface area contributed by atoms with Gasteiger partial charge in [0.05, 0.1) is 12.0 Å². The maximum atomic E-state index is 11.7. The van der Waals surface area contributed by atoms with E-state index >= 15 is 0 Å². The normalized spacial score (nSPS) is 14.9. The molecule has 0 atom stereocenters. The summed E-state index contributed by atoms with van der Waals surface area (Å²) in [6.45, 7) is 0. The van der Waals surface area contributed by atoms with E-state index in [1.807, 2.05) is 6.07 Å². The summed E-state index contributed by atoms with van der Waals surface area (Å²) < 4.78 is 5.29. The van der Waals surface area contributed by atoms with Crippen LogP contribution in [0, 0.1) is 0 Å². The first-order valence-electron chi connectivity index (χ1n) is 5.35. The van der Waals surface area contributed by atoms with Gasteiger partial charge in [0, 0.05) is 5.92 Å². The number of amides is 1. The lowest BCUT2D eigenvalue weighted by Crippen LogP contribution is -2.29. The lowest BCUT2D eigenvalue weighted by Gasteiger charge is -1.97. The molecule has 0 radical (unpaired) electrons. The quantitative estimate of drug-likeness (QED) is 0.494. The van der Waals surface area contributed by atoms with E-state index in [0.29, 0.717) is 16.6 Å². The second kappa shape index (κ2) is 3.97. The van der Waals surface area contributed by atoms with E-state index in [0.717, 1.165) is 23.5 Å². The van der Waals surface area contributed by atoms with Gasteiger partial charge in [-0.25, -0.2) is 10.8 Å². The molecular weight excluding hydrogens is 238 g/mol. The van der Waals surface area contributed by atoms with Crippen LogP contribution in [0.3, 0.4) is 0 Å². The zero-order valence-electron chi connectivity index (χ0n) is 8.97. The summed E-state index contributed by atoms with van der Waals surface area (Å²) in [5, 5.41) is 0.732. The molecular formula is C11H11N3O2S. The van der Waals surface area contributed by atoms with Crippen LogP contribution in [0.25, 0.3) is 10.8 Å². The molecule has 1 aliphatic carbocycles. The molecule has 1 saturated carbocycles. The van der Waals surface area contributed by atoms with Gasteiger partial charge in [0.1, 0.15) is 4.88 Å². The summed E-state index contributed by atoms with van der Waals surface area (Å²) in [6, 6.07) is 3.63. The first-order valence-corrected chi connectivity index (χ1v) is 6.17. The summed E-state index contributed by atoms with van der Waals surface area (Å²) >= 11 is 1.32. The highest BCUT2D eigenvalue weighted by atomic mass is 32.1. The fraction of sp³-hybridized carbons (Fsp3) is 0.273. The highest BCUT2D eigenvalue weighted by Gasteiger charge is 2.32. The number of hydrogen-bond acceptors (Lipinski definition) is 5. The number of rotatable bonds is 3. The SMILES string of the molecule is NNC(=O)c1sc(-c2ccco2)nc1C1CC1. The van der Waals surface area contributed by atoms with E-state index in [2.05, 4.69) is 10.4 Å². The van der Waals surface area contributed by atoms with Crippen LogP contribution in [0.4, 0.5) is 0 Å². The van der Waals surface area contributed by atoms with Gasteiger partial charge in [0.15, 0.2) is 10.8 Å². The van der Waals surface area contributed by atoms with Crippen molar-refractivity contribution in [3.63, 3.8) is 0 Å². The van der Waals surface area contributed by atoms with Crippen LogP contribution >= 0.6 is 11.3 Å². The van der Waals surface area contributed by atoms with Gasteiger partial charge in [-0.1, -0.05) is 0 Å². The Labute approximate surface area is 102 Å². The lowest BCUT2D eigenvalue weighted by atomic mass is 10.2. The minimum atomic E-state index is -0.276. The molecule has 0 bridgehead atoms. The molecule has 0 aliphatic heterocycles. The molecule has 0 spiro atoms. The van der Waals surface area contributed by atoms with E-state index in [-0.39, 0.29) is 5.91 Å². The third-order valence-electron chi connectivity index (χ3n) is 2.69. The van der Waals surface area contributed by atoms with Gasteiger partial charge in [-0.05, 0) is 25.0 Å². The summed E-state index contributed by atoms with van der Waals surface area (Å²) in [6.07, 6.45) is 3.77. The average Bonchev–Trinajstić information content (AvgIpc) is 2.90. The minimum absolute atomic E-state index is 0.276. The Bertz CT molecular complexity index is 543. The predicted octanol–water partition coefficient (Wildman–Crippen LogP) is 1.88. The van der Waals surface area contributed by atoms with Crippen molar-refractivity contribution in [2.75, 3.05) is 0 Å². The van der Waals surface area contributed by atoms with Crippen LogP contribution in [-0.4, -0.2) is 10.9 Å². The molecule has 2 heterocycles. The largest absolute Gasteiger partial charge is 0.462 e. The molecule has 3 rings (SSSR count). The summed E-state index contributed by atoms with van der Waals surface area (Å²) in [4.78, 5) is 16.7.